The van der Waals surface area contributed by atoms with Crippen LogP contribution in [0.2, 0.25) is 0 Å². The number of amides is 1. The molecule has 1 saturated heterocycles. The number of hydrogen-bond donors (Lipinski definition) is 2. The number of hydrogen-bond acceptors (Lipinski definition) is 3. The lowest BCUT2D eigenvalue weighted by Gasteiger charge is -2.39. The molecule has 1 aliphatic heterocycles. The average molecular weight is 250 g/mol. The highest BCUT2D eigenvalue weighted by Crippen LogP contribution is 2.23. The van der Waals surface area contributed by atoms with Crippen LogP contribution in [0.4, 0.5) is 0 Å². The van der Waals surface area contributed by atoms with Crippen molar-refractivity contribution in [3.8, 4) is 0 Å². The van der Waals surface area contributed by atoms with Gasteiger partial charge < -0.3 is 10.2 Å². The standard InChI is InChI=1S/C13H22N4O/c1-9-11(10(2)16-15-9)12(18)17-7-5-13(3,14-4)6-8-17/h14H,5-8H2,1-4H3,(H,15,16). The smallest absolute Gasteiger partial charge is 0.257 e. The van der Waals surface area contributed by atoms with Crippen LogP contribution in [-0.4, -0.2) is 46.7 Å². The van der Waals surface area contributed by atoms with Crippen LogP contribution in [0.1, 0.15) is 41.5 Å². The maximum atomic E-state index is 12.4. The quantitative estimate of drug-likeness (QED) is 0.830. The van der Waals surface area contributed by atoms with Crippen LogP contribution in [0.25, 0.3) is 0 Å². The Kier molecular flexibility index (Phi) is 3.43. The number of nitrogens with one attached hydrogen (secondary N) is 2. The molecule has 0 atom stereocenters. The van der Waals surface area contributed by atoms with Gasteiger partial charge in [0.2, 0.25) is 0 Å². The van der Waals surface area contributed by atoms with E-state index in [-0.39, 0.29) is 11.4 Å². The number of carbonyl (C=O) groups excluding carboxylic acids is 1. The fourth-order valence-corrected chi connectivity index (χ4v) is 2.48. The number of H-pyrrole nitrogens is 1. The minimum absolute atomic E-state index is 0.108. The summed E-state index contributed by atoms with van der Waals surface area (Å²) in [6.45, 7) is 7.59. The van der Waals surface area contributed by atoms with Crippen molar-refractivity contribution in [2.24, 2.45) is 0 Å². The SMILES string of the molecule is CNC1(C)CCN(C(=O)c2c(C)n[nH]c2C)CC1. The summed E-state index contributed by atoms with van der Waals surface area (Å²) in [5, 5.41) is 10.3. The van der Waals surface area contributed by atoms with Gasteiger partial charge >= 0.3 is 0 Å². The van der Waals surface area contributed by atoms with E-state index in [1.807, 2.05) is 25.8 Å². The summed E-state index contributed by atoms with van der Waals surface area (Å²) < 4.78 is 0. The van der Waals surface area contributed by atoms with E-state index in [0.717, 1.165) is 42.9 Å². The van der Waals surface area contributed by atoms with Crippen molar-refractivity contribution in [2.75, 3.05) is 20.1 Å². The Morgan fingerprint density at radius 2 is 2.00 bits per heavy atom. The van der Waals surface area contributed by atoms with Gasteiger partial charge in [-0.2, -0.15) is 5.10 Å². The second-order valence-corrected chi connectivity index (χ2v) is 5.41. The number of carbonyl (C=O) groups is 1. The van der Waals surface area contributed by atoms with E-state index in [1.54, 1.807) is 0 Å². The fraction of sp³-hybridized carbons (Fsp3) is 0.692. The number of aromatic amines is 1. The molecule has 2 N–H and O–H groups in total. The van der Waals surface area contributed by atoms with E-state index < -0.39 is 0 Å². The summed E-state index contributed by atoms with van der Waals surface area (Å²) >= 11 is 0. The van der Waals surface area contributed by atoms with Crippen LogP contribution < -0.4 is 5.32 Å². The van der Waals surface area contributed by atoms with Gasteiger partial charge in [-0.15, -0.1) is 0 Å². The van der Waals surface area contributed by atoms with Crippen molar-refractivity contribution < 1.29 is 4.79 Å². The lowest BCUT2D eigenvalue weighted by atomic mass is 9.89. The molecular formula is C13H22N4O. The summed E-state index contributed by atoms with van der Waals surface area (Å²) in [5.74, 6) is 0.108. The van der Waals surface area contributed by atoms with Gasteiger partial charge in [-0.3, -0.25) is 9.89 Å². The molecule has 1 fully saturated rings. The van der Waals surface area contributed by atoms with Crippen LogP contribution >= 0.6 is 0 Å². The van der Waals surface area contributed by atoms with E-state index >= 15 is 0 Å². The van der Waals surface area contributed by atoms with Crippen LogP contribution in [0.15, 0.2) is 0 Å². The number of likely N-dealkylation sites (tertiary alicyclic amines) is 1. The van der Waals surface area contributed by atoms with Crippen LogP contribution in [0.5, 0.6) is 0 Å². The van der Waals surface area contributed by atoms with Crippen molar-refractivity contribution in [3.05, 3.63) is 17.0 Å². The first-order valence-electron chi connectivity index (χ1n) is 6.46. The van der Waals surface area contributed by atoms with Crippen molar-refractivity contribution in [3.63, 3.8) is 0 Å². The molecule has 5 nitrogen and oxygen atoms in total. The highest BCUT2D eigenvalue weighted by Gasteiger charge is 2.31. The number of rotatable bonds is 2. The summed E-state index contributed by atoms with van der Waals surface area (Å²) in [6.07, 6.45) is 1.98. The molecule has 18 heavy (non-hydrogen) atoms. The van der Waals surface area contributed by atoms with Gasteiger partial charge in [-0.05, 0) is 40.7 Å². The van der Waals surface area contributed by atoms with E-state index in [2.05, 4.69) is 22.4 Å². The second kappa shape index (κ2) is 4.72. The minimum atomic E-state index is 0.108. The molecule has 1 aromatic heterocycles. The highest BCUT2D eigenvalue weighted by atomic mass is 16.2. The molecule has 5 heteroatoms. The van der Waals surface area contributed by atoms with Gasteiger partial charge in [0.25, 0.3) is 5.91 Å². The van der Waals surface area contributed by atoms with Crippen LogP contribution in [0.3, 0.4) is 0 Å². The van der Waals surface area contributed by atoms with Gasteiger partial charge in [-0.25, -0.2) is 0 Å². The molecule has 0 aromatic carbocycles. The normalized spacial score (nSPS) is 19.0. The fourth-order valence-electron chi connectivity index (χ4n) is 2.48. The first-order chi connectivity index (χ1) is 8.47. The van der Waals surface area contributed by atoms with Crippen LogP contribution in [-0.2, 0) is 0 Å². The molecule has 2 rings (SSSR count). The van der Waals surface area contributed by atoms with Crippen molar-refractivity contribution in [2.45, 2.75) is 39.2 Å². The zero-order chi connectivity index (χ0) is 13.3. The summed E-state index contributed by atoms with van der Waals surface area (Å²) in [7, 11) is 1.99. The minimum Gasteiger partial charge on any atom is -0.338 e. The van der Waals surface area contributed by atoms with Gasteiger partial charge in [0.15, 0.2) is 0 Å². The Morgan fingerprint density at radius 3 is 2.44 bits per heavy atom. The molecule has 0 aliphatic carbocycles. The maximum absolute atomic E-state index is 12.4. The lowest BCUT2D eigenvalue weighted by molar-refractivity contribution is 0.0660. The monoisotopic (exact) mass is 250 g/mol. The van der Waals surface area contributed by atoms with E-state index in [0.29, 0.717) is 0 Å². The van der Waals surface area contributed by atoms with Crippen molar-refractivity contribution in [1.29, 1.82) is 0 Å². The van der Waals surface area contributed by atoms with E-state index in [9.17, 15) is 4.79 Å². The third-order valence-electron chi connectivity index (χ3n) is 4.10. The van der Waals surface area contributed by atoms with E-state index in [4.69, 9.17) is 0 Å². The third-order valence-corrected chi connectivity index (χ3v) is 4.10. The Hall–Kier alpha value is -1.36. The molecule has 2 heterocycles. The lowest BCUT2D eigenvalue weighted by Crippen LogP contribution is -2.51. The first kappa shape index (κ1) is 13.1. The molecule has 0 radical (unpaired) electrons. The molecule has 0 spiro atoms. The summed E-state index contributed by atoms with van der Waals surface area (Å²) in [4.78, 5) is 14.4. The van der Waals surface area contributed by atoms with Gasteiger partial charge in [0, 0.05) is 24.3 Å². The van der Waals surface area contributed by atoms with Crippen molar-refractivity contribution >= 4 is 5.91 Å². The molecule has 1 aliphatic rings. The van der Waals surface area contributed by atoms with Gasteiger partial charge in [0.05, 0.1) is 11.3 Å². The second-order valence-electron chi connectivity index (χ2n) is 5.41. The number of aromatic nitrogens is 2. The number of aryl methyl sites for hydroxylation is 2. The molecule has 1 amide bonds. The Labute approximate surface area is 108 Å². The Bertz CT molecular complexity index is 424. The Morgan fingerprint density at radius 1 is 1.39 bits per heavy atom. The third kappa shape index (κ3) is 2.27. The largest absolute Gasteiger partial charge is 0.338 e. The van der Waals surface area contributed by atoms with Gasteiger partial charge in [-0.1, -0.05) is 0 Å². The maximum Gasteiger partial charge on any atom is 0.257 e. The number of nitrogens with zero attached hydrogens (tertiary/aromatic N) is 2. The molecule has 1 aromatic rings. The van der Waals surface area contributed by atoms with E-state index in [1.165, 1.54) is 0 Å². The molecule has 100 valence electrons. The molecule has 0 saturated carbocycles. The topological polar surface area (TPSA) is 61.0 Å². The predicted molar refractivity (Wildman–Crippen MR) is 70.7 cm³/mol. The molecular weight excluding hydrogens is 228 g/mol. The molecule has 0 bridgehead atoms. The summed E-state index contributed by atoms with van der Waals surface area (Å²) in [5.41, 5.74) is 2.55. The Balaban J connectivity index is 2.09. The first-order valence-corrected chi connectivity index (χ1v) is 6.46. The zero-order valence-electron chi connectivity index (χ0n) is 11.6. The van der Waals surface area contributed by atoms with Gasteiger partial charge in [0.1, 0.15) is 0 Å². The predicted octanol–water partition coefficient (Wildman–Crippen LogP) is 1.24. The number of piperidine rings is 1. The zero-order valence-corrected chi connectivity index (χ0v) is 11.6. The molecule has 0 unspecified atom stereocenters. The average Bonchev–Trinajstić information content (AvgIpc) is 2.69. The van der Waals surface area contributed by atoms with Crippen molar-refractivity contribution in [1.82, 2.24) is 20.4 Å². The van der Waals surface area contributed by atoms with Crippen LogP contribution in [0, 0.1) is 13.8 Å². The highest BCUT2D eigenvalue weighted by molar-refractivity contribution is 5.96. The summed E-state index contributed by atoms with van der Waals surface area (Å²) in [6, 6.07) is 0.